The first-order chi connectivity index (χ1) is 13.4. The number of fused-ring (bicyclic) bond motifs is 2. The van der Waals surface area contributed by atoms with Gasteiger partial charge in [-0.15, -0.1) is 0 Å². The largest absolute Gasteiger partial charge is 0.312 e. The summed E-state index contributed by atoms with van der Waals surface area (Å²) < 4.78 is 16.8. The summed E-state index contributed by atoms with van der Waals surface area (Å²) in [6.07, 6.45) is 5.42. The minimum absolute atomic E-state index is 0.0370. The maximum absolute atomic E-state index is 15.1. The Balaban J connectivity index is 1.97. The minimum atomic E-state index is -0.722. The van der Waals surface area contributed by atoms with E-state index in [9.17, 15) is 9.59 Å². The second-order valence-electron chi connectivity index (χ2n) is 6.16. The maximum atomic E-state index is 15.1. The fraction of sp³-hybridized carbons (Fsp3) is 0.111. The van der Waals surface area contributed by atoms with Crippen molar-refractivity contribution in [1.82, 2.24) is 19.6 Å². The molecule has 142 valence electrons. The van der Waals surface area contributed by atoms with E-state index >= 15 is 4.39 Å². The predicted molar refractivity (Wildman–Crippen MR) is 104 cm³/mol. The van der Waals surface area contributed by atoms with E-state index in [0.29, 0.717) is 39.9 Å². The fourth-order valence-electron chi connectivity index (χ4n) is 3.12. The standard InChI is InChI=1S/C18H14ClFN6O2/c1-9(28)25(2)18-16(20)15(19)14(11-5-22-24-17(11)18)10-3-4-13-23-12(21-8-27)7-26(13)6-10/h3-8H,1-2H3,(H,21,27)(H,22,24). The van der Waals surface area contributed by atoms with Crippen LogP contribution in [0.1, 0.15) is 6.92 Å². The Morgan fingerprint density at radius 2 is 2.18 bits per heavy atom. The minimum Gasteiger partial charge on any atom is -0.312 e. The maximum Gasteiger partial charge on any atom is 0.223 e. The van der Waals surface area contributed by atoms with E-state index in [4.69, 9.17) is 11.6 Å². The van der Waals surface area contributed by atoms with Crippen molar-refractivity contribution in [2.24, 2.45) is 0 Å². The van der Waals surface area contributed by atoms with Crippen LogP contribution >= 0.6 is 11.6 Å². The van der Waals surface area contributed by atoms with E-state index in [1.54, 1.807) is 28.9 Å². The molecule has 1 aromatic carbocycles. The molecule has 0 bridgehead atoms. The van der Waals surface area contributed by atoms with Crippen molar-refractivity contribution in [3.05, 3.63) is 41.6 Å². The molecule has 0 saturated heterocycles. The van der Waals surface area contributed by atoms with Crippen LogP contribution in [-0.4, -0.2) is 38.9 Å². The molecule has 2 amide bonds. The summed E-state index contributed by atoms with van der Waals surface area (Å²) in [5.74, 6) is -0.676. The second kappa shape index (κ2) is 6.61. The van der Waals surface area contributed by atoms with Crippen LogP contribution in [0.4, 0.5) is 15.9 Å². The lowest BCUT2D eigenvalue weighted by atomic mass is 10.0. The summed E-state index contributed by atoms with van der Waals surface area (Å²) >= 11 is 6.39. The van der Waals surface area contributed by atoms with Gasteiger partial charge in [-0.2, -0.15) is 5.10 Å². The Morgan fingerprint density at radius 3 is 2.89 bits per heavy atom. The van der Waals surface area contributed by atoms with Gasteiger partial charge in [0.25, 0.3) is 0 Å². The van der Waals surface area contributed by atoms with Crippen molar-refractivity contribution in [3.63, 3.8) is 0 Å². The van der Waals surface area contributed by atoms with Gasteiger partial charge in [-0.25, -0.2) is 9.37 Å². The van der Waals surface area contributed by atoms with Gasteiger partial charge in [-0.3, -0.25) is 14.7 Å². The number of H-pyrrole nitrogens is 1. The van der Waals surface area contributed by atoms with Crippen molar-refractivity contribution in [1.29, 1.82) is 0 Å². The molecule has 0 saturated carbocycles. The lowest BCUT2D eigenvalue weighted by Gasteiger charge is -2.19. The van der Waals surface area contributed by atoms with Crippen molar-refractivity contribution in [3.8, 4) is 11.1 Å². The smallest absolute Gasteiger partial charge is 0.223 e. The van der Waals surface area contributed by atoms with E-state index in [2.05, 4.69) is 20.5 Å². The second-order valence-corrected chi connectivity index (χ2v) is 6.54. The molecule has 0 radical (unpaired) electrons. The highest BCUT2D eigenvalue weighted by Crippen LogP contribution is 2.42. The van der Waals surface area contributed by atoms with Gasteiger partial charge in [0.05, 0.1) is 22.9 Å². The first kappa shape index (κ1) is 17.9. The van der Waals surface area contributed by atoms with E-state index in [-0.39, 0.29) is 16.6 Å². The van der Waals surface area contributed by atoms with Gasteiger partial charge < -0.3 is 14.6 Å². The lowest BCUT2D eigenvalue weighted by molar-refractivity contribution is -0.116. The van der Waals surface area contributed by atoms with Crippen molar-refractivity contribution >= 4 is 52.0 Å². The predicted octanol–water partition coefficient (Wildman–Crippen LogP) is 3.22. The number of benzene rings is 1. The van der Waals surface area contributed by atoms with Gasteiger partial charge in [0.1, 0.15) is 11.3 Å². The number of halogens is 2. The van der Waals surface area contributed by atoms with Crippen LogP contribution < -0.4 is 10.2 Å². The van der Waals surface area contributed by atoms with Crippen LogP contribution in [0.2, 0.25) is 5.02 Å². The molecule has 0 atom stereocenters. The van der Waals surface area contributed by atoms with Gasteiger partial charge in [0.15, 0.2) is 11.6 Å². The zero-order chi connectivity index (χ0) is 20.0. The number of pyridine rings is 1. The molecule has 0 unspecified atom stereocenters. The van der Waals surface area contributed by atoms with Gasteiger partial charge in [0.2, 0.25) is 12.3 Å². The Kier molecular flexibility index (Phi) is 4.23. The first-order valence-corrected chi connectivity index (χ1v) is 8.57. The number of nitrogens with one attached hydrogen (secondary N) is 2. The summed E-state index contributed by atoms with van der Waals surface area (Å²) in [5.41, 5.74) is 2.05. The highest BCUT2D eigenvalue weighted by Gasteiger charge is 2.25. The molecule has 3 heterocycles. The number of amides is 2. The number of aromatic nitrogens is 4. The quantitative estimate of drug-likeness (QED) is 0.514. The third kappa shape index (κ3) is 2.67. The van der Waals surface area contributed by atoms with Gasteiger partial charge in [-0.05, 0) is 12.1 Å². The molecular formula is C18H14ClFN6O2. The van der Waals surface area contributed by atoms with Gasteiger partial charge in [0, 0.05) is 36.7 Å². The topological polar surface area (TPSA) is 95.4 Å². The third-order valence-corrected chi connectivity index (χ3v) is 4.87. The molecule has 4 rings (SSSR count). The van der Waals surface area contributed by atoms with Crippen LogP contribution in [-0.2, 0) is 9.59 Å². The molecule has 0 aliphatic rings. The Morgan fingerprint density at radius 1 is 1.39 bits per heavy atom. The highest BCUT2D eigenvalue weighted by atomic mass is 35.5. The Labute approximate surface area is 162 Å². The number of carbonyl (C=O) groups excluding carboxylic acids is 2. The number of carbonyl (C=O) groups is 2. The van der Waals surface area contributed by atoms with Crippen molar-refractivity contribution in [2.75, 3.05) is 17.3 Å². The normalized spacial score (nSPS) is 11.1. The summed E-state index contributed by atoms with van der Waals surface area (Å²) in [7, 11) is 1.47. The first-order valence-electron chi connectivity index (χ1n) is 8.20. The number of hydrogen-bond donors (Lipinski definition) is 2. The molecule has 8 nitrogen and oxygen atoms in total. The number of imidazole rings is 1. The zero-order valence-corrected chi connectivity index (χ0v) is 15.6. The van der Waals surface area contributed by atoms with E-state index < -0.39 is 5.82 Å². The van der Waals surface area contributed by atoms with E-state index in [1.165, 1.54) is 25.1 Å². The number of nitrogens with zero attached hydrogens (tertiary/aromatic N) is 4. The Bertz CT molecular complexity index is 1250. The van der Waals surface area contributed by atoms with Crippen LogP contribution in [0.5, 0.6) is 0 Å². The molecule has 0 spiro atoms. The van der Waals surface area contributed by atoms with Gasteiger partial charge in [-0.1, -0.05) is 11.6 Å². The lowest BCUT2D eigenvalue weighted by Crippen LogP contribution is -2.24. The van der Waals surface area contributed by atoms with Crippen molar-refractivity contribution < 1.29 is 14.0 Å². The monoisotopic (exact) mass is 400 g/mol. The van der Waals surface area contributed by atoms with Crippen LogP contribution in [0.15, 0.2) is 30.7 Å². The van der Waals surface area contributed by atoms with Crippen LogP contribution in [0.25, 0.3) is 27.7 Å². The molecule has 0 aliphatic heterocycles. The zero-order valence-electron chi connectivity index (χ0n) is 14.8. The third-order valence-electron chi connectivity index (χ3n) is 4.52. The molecule has 28 heavy (non-hydrogen) atoms. The number of anilines is 2. The van der Waals surface area contributed by atoms with E-state index in [0.717, 1.165) is 0 Å². The molecule has 10 heteroatoms. The van der Waals surface area contributed by atoms with E-state index in [1.807, 2.05) is 0 Å². The molecule has 4 aromatic rings. The average Bonchev–Trinajstić information content (AvgIpc) is 3.28. The number of hydrogen-bond acceptors (Lipinski definition) is 4. The number of rotatable bonds is 4. The summed E-state index contributed by atoms with van der Waals surface area (Å²) in [6.45, 7) is 1.33. The molecule has 2 N–H and O–H groups in total. The SMILES string of the molecule is CC(=O)N(C)c1c(F)c(Cl)c(-c2ccc3nc(NC=O)cn3c2)c2cn[nH]c12. The molecule has 0 aliphatic carbocycles. The van der Waals surface area contributed by atoms with Crippen molar-refractivity contribution in [2.45, 2.75) is 6.92 Å². The van der Waals surface area contributed by atoms with Crippen LogP contribution in [0, 0.1) is 5.82 Å². The summed E-state index contributed by atoms with van der Waals surface area (Å²) in [4.78, 5) is 27.8. The Hall–Kier alpha value is -3.46. The summed E-state index contributed by atoms with van der Waals surface area (Å²) in [5, 5.41) is 9.69. The molecule has 0 fully saturated rings. The fourth-order valence-corrected chi connectivity index (χ4v) is 3.42. The van der Waals surface area contributed by atoms with Crippen LogP contribution in [0.3, 0.4) is 0 Å². The van der Waals surface area contributed by atoms with Gasteiger partial charge >= 0.3 is 0 Å². The highest BCUT2D eigenvalue weighted by molar-refractivity contribution is 6.36. The number of aromatic amines is 1. The average molecular weight is 401 g/mol. The molecule has 3 aromatic heterocycles. The molecular weight excluding hydrogens is 387 g/mol. The summed E-state index contributed by atoms with van der Waals surface area (Å²) in [6, 6.07) is 3.47.